The second kappa shape index (κ2) is 21.5. The number of non-ortho nitro benzene ring substituents is 1. The van der Waals surface area contributed by atoms with Crippen molar-refractivity contribution in [1.29, 1.82) is 0 Å². The molecule has 0 aliphatic rings. The smallest absolute Gasteiger partial charge is 0.269 e. The summed E-state index contributed by atoms with van der Waals surface area (Å²) in [5.74, 6) is 0.0112. The minimum absolute atomic E-state index is 0.0112. The van der Waals surface area contributed by atoms with Gasteiger partial charge in [-0.15, -0.1) is 0 Å². The number of nitrogens with zero attached hydrogens (tertiary/aromatic N) is 1. The highest BCUT2D eigenvalue weighted by Gasteiger charge is 2.15. The number of nitro benzene ring substituents is 1. The van der Waals surface area contributed by atoms with Gasteiger partial charge >= 0.3 is 0 Å². The second-order valence-corrected chi connectivity index (χ2v) is 10.6. The molecule has 0 aliphatic carbocycles. The normalized spacial score (nSPS) is 11.7. The van der Waals surface area contributed by atoms with Gasteiger partial charge in [0, 0.05) is 38.6 Å². The first-order chi connectivity index (χ1) is 17.5. The third-order valence-corrected chi connectivity index (χ3v) is 7.24. The van der Waals surface area contributed by atoms with Crippen molar-refractivity contribution < 1.29 is 32.3 Å². The summed E-state index contributed by atoms with van der Waals surface area (Å²) in [5.41, 5.74) is 5.33. The molecule has 11 heteroatoms. The van der Waals surface area contributed by atoms with Crippen LogP contribution in [0, 0.1) is 10.1 Å². The summed E-state index contributed by atoms with van der Waals surface area (Å²) < 4.78 is 46.7. The molecule has 0 amide bonds. The molecule has 1 rings (SSSR count). The zero-order chi connectivity index (χ0) is 26.3. The molecule has 0 unspecified atom stereocenters. The predicted molar refractivity (Wildman–Crippen MR) is 139 cm³/mol. The van der Waals surface area contributed by atoms with Crippen LogP contribution in [0.2, 0.25) is 0 Å². The Morgan fingerprint density at radius 2 is 1.06 bits per heavy atom. The van der Waals surface area contributed by atoms with Gasteiger partial charge in [0.2, 0.25) is 0 Å². The molecule has 0 atom stereocenters. The quantitative estimate of drug-likeness (QED) is 0.113. The number of hydrogen-bond donors (Lipinski definition) is 1. The first kappa shape index (κ1) is 32.4. The van der Waals surface area contributed by atoms with Crippen molar-refractivity contribution in [2.45, 2.75) is 62.7 Å². The van der Waals surface area contributed by atoms with Crippen LogP contribution < -0.4 is 5.73 Å². The Hall–Kier alpha value is -1.63. The van der Waals surface area contributed by atoms with Crippen molar-refractivity contribution in [1.82, 2.24) is 0 Å². The molecule has 36 heavy (non-hydrogen) atoms. The lowest BCUT2D eigenvalue weighted by atomic mass is 10.2. The molecule has 0 saturated heterocycles. The molecule has 10 nitrogen and oxygen atoms in total. The topological polar surface area (TPSA) is 140 Å². The monoisotopic (exact) mass is 532 g/mol. The zero-order valence-corrected chi connectivity index (χ0v) is 22.3. The molecule has 0 saturated carbocycles. The van der Waals surface area contributed by atoms with E-state index in [2.05, 4.69) is 0 Å². The molecule has 2 N–H and O–H groups in total. The van der Waals surface area contributed by atoms with Crippen LogP contribution in [0.5, 0.6) is 0 Å². The van der Waals surface area contributed by atoms with E-state index in [0.717, 1.165) is 77.7 Å². The van der Waals surface area contributed by atoms with Crippen molar-refractivity contribution in [3.63, 3.8) is 0 Å². The van der Waals surface area contributed by atoms with Gasteiger partial charge in [-0.05, 0) is 70.0 Å². The number of hydrogen-bond acceptors (Lipinski definition) is 9. The van der Waals surface area contributed by atoms with Gasteiger partial charge in [-0.3, -0.25) is 10.1 Å². The van der Waals surface area contributed by atoms with Gasteiger partial charge in [0.25, 0.3) is 5.69 Å². The van der Waals surface area contributed by atoms with Crippen LogP contribution in [0.25, 0.3) is 0 Å². The molecule has 0 bridgehead atoms. The van der Waals surface area contributed by atoms with Crippen LogP contribution in [0.3, 0.4) is 0 Å². The molecular formula is C25H44N2O8S. The Labute approximate surface area is 215 Å². The molecule has 0 heterocycles. The van der Waals surface area contributed by atoms with Crippen LogP contribution in [0.15, 0.2) is 29.2 Å². The summed E-state index contributed by atoms with van der Waals surface area (Å²) in [6.07, 6.45) is 8.48. The first-order valence-electron chi connectivity index (χ1n) is 13.0. The average molecular weight is 533 g/mol. The van der Waals surface area contributed by atoms with Crippen molar-refractivity contribution >= 4 is 15.5 Å². The van der Waals surface area contributed by atoms with E-state index in [0.29, 0.717) is 39.5 Å². The summed E-state index contributed by atoms with van der Waals surface area (Å²) >= 11 is 0. The van der Waals surface area contributed by atoms with E-state index < -0.39 is 14.8 Å². The standard InChI is InChI=1S/C25H44N2O8S/c26-14-4-1-5-15-32-16-6-2-7-17-33-19-21-35-22-20-34-18-8-3-9-23-36(30,31)25-12-10-24(11-13-25)27(28)29/h10-13H,1-9,14-23,26H2. The number of ether oxygens (including phenoxy) is 4. The Kier molecular flexibility index (Phi) is 19.3. The van der Waals surface area contributed by atoms with E-state index in [1.165, 1.54) is 24.3 Å². The lowest BCUT2D eigenvalue weighted by Gasteiger charge is -2.08. The van der Waals surface area contributed by atoms with Crippen LogP contribution in [0.1, 0.15) is 57.8 Å². The molecule has 1 aromatic rings. The van der Waals surface area contributed by atoms with E-state index in [4.69, 9.17) is 24.7 Å². The summed E-state index contributed by atoms with van der Waals surface area (Å²) in [6.45, 7) is 5.78. The van der Waals surface area contributed by atoms with Crippen molar-refractivity contribution in [2.24, 2.45) is 5.73 Å². The maximum Gasteiger partial charge on any atom is 0.269 e. The van der Waals surface area contributed by atoms with Gasteiger partial charge in [-0.1, -0.05) is 6.42 Å². The van der Waals surface area contributed by atoms with Crippen molar-refractivity contribution in [2.75, 3.05) is 65.2 Å². The third-order valence-electron chi connectivity index (χ3n) is 5.42. The van der Waals surface area contributed by atoms with Gasteiger partial charge < -0.3 is 24.7 Å². The second-order valence-electron chi connectivity index (χ2n) is 8.49. The van der Waals surface area contributed by atoms with Crippen molar-refractivity contribution in [3.05, 3.63) is 34.4 Å². The van der Waals surface area contributed by atoms with Gasteiger partial charge in [-0.2, -0.15) is 0 Å². The Balaban J connectivity index is 1.83. The summed E-state index contributed by atoms with van der Waals surface area (Å²) in [6, 6.07) is 4.99. The van der Waals surface area contributed by atoms with Gasteiger partial charge in [-0.25, -0.2) is 8.42 Å². The van der Waals surface area contributed by atoms with Crippen molar-refractivity contribution in [3.8, 4) is 0 Å². The van der Waals surface area contributed by atoms with Crippen LogP contribution in [-0.4, -0.2) is 78.5 Å². The highest BCUT2D eigenvalue weighted by molar-refractivity contribution is 7.91. The number of unbranched alkanes of at least 4 members (excludes halogenated alkanes) is 6. The fraction of sp³-hybridized carbons (Fsp3) is 0.760. The van der Waals surface area contributed by atoms with Crippen LogP contribution in [-0.2, 0) is 28.8 Å². The third kappa shape index (κ3) is 16.9. The Morgan fingerprint density at radius 1 is 0.639 bits per heavy atom. The predicted octanol–water partition coefficient (Wildman–Crippen LogP) is 3.90. The van der Waals surface area contributed by atoms with Crippen LogP contribution >= 0.6 is 0 Å². The number of benzene rings is 1. The zero-order valence-electron chi connectivity index (χ0n) is 21.4. The maximum atomic E-state index is 12.3. The highest BCUT2D eigenvalue weighted by atomic mass is 32.2. The highest BCUT2D eigenvalue weighted by Crippen LogP contribution is 2.18. The first-order valence-corrected chi connectivity index (χ1v) is 14.6. The Morgan fingerprint density at radius 3 is 1.53 bits per heavy atom. The van der Waals surface area contributed by atoms with E-state index in [9.17, 15) is 18.5 Å². The molecule has 208 valence electrons. The average Bonchev–Trinajstić information content (AvgIpc) is 2.87. The summed E-state index contributed by atoms with van der Waals surface area (Å²) in [5, 5.41) is 10.7. The molecule has 0 fully saturated rings. The maximum absolute atomic E-state index is 12.3. The molecule has 0 aromatic heterocycles. The van der Waals surface area contributed by atoms with Gasteiger partial charge in [0.15, 0.2) is 9.84 Å². The van der Waals surface area contributed by atoms with E-state index in [1.807, 2.05) is 0 Å². The Bertz CT molecular complexity index is 775. The minimum Gasteiger partial charge on any atom is -0.381 e. The number of rotatable bonds is 25. The van der Waals surface area contributed by atoms with E-state index in [1.54, 1.807) is 0 Å². The number of nitro groups is 1. The summed E-state index contributed by atoms with van der Waals surface area (Å²) in [7, 11) is -3.43. The molecule has 1 aromatic carbocycles. The van der Waals surface area contributed by atoms with E-state index >= 15 is 0 Å². The lowest BCUT2D eigenvalue weighted by molar-refractivity contribution is -0.384. The minimum atomic E-state index is -3.43. The fourth-order valence-electron chi connectivity index (χ4n) is 3.32. The summed E-state index contributed by atoms with van der Waals surface area (Å²) in [4.78, 5) is 10.2. The lowest BCUT2D eigenvalue weighted by Crippen LogP contribution is -2.10. The fourth-order valence-corrected chi connectivity index (χ4v) is 4.69. The SMILES string of the molecule is NCCCCCOCCCCCOCCOCCOCCCCCS(=O)(=O)c1ccc([N+](=O)[O-])cc1. The molecular weight excluding hydrogens is 488 g/mol. The number of sulfone groups is 1. The molecule has 0 radical (unpaired) electrons. The number of nitrogens with two attached hydrogens (primary N) is 1. The molecule has 0 spiro atoms. The largest absolute Gasteiger partial charge is 0.381 e. The van der Waals surface area contributed by atoms with Crippen LogP contribution in [0.4, 0.5) is 5.69 Å². The van der Waals surface area contributed by atoms with E-state index in [-0.39, 0.29) is 16.3 Å². The van der Waals surface area contributed by atoms with Gasteiger partial charge in [0.05, 0.1) is 42.0 Å². The molecule has 0 aliphatic heterocycles. The van der Waals surface area contributed by atoms with Gasteiger partial charge in [0.1, 0.15) is 0 Å².